The van der Waals surface area contributed by atoms with E-state index in [1.807, 2.05) is 0 Å². The molecule has 0 saturated heterocycles. The highest BCUT2D eigenvalue weighted by Gasteiger charge is 1.82. The van der Waals surface area contributed by atoms with Crippen LogP contribution < -0.4 is 5.73 Å². The Bertz CT molecular complexity index is 696. The van der Waals surface area contributed by atoms with E-state index in [1.54, 1.807) is 6.92 Å². The Kier molecular flexibility index (Phi) is 68.2. The standard InChI is InChI=1S/C3H7NO2.7C3H4O2/c1-2-6-3(4)5;7*1-2-3(4)5/h2H2,1H3,(H2,4,5);7*2H,1H2,(H,4,5). The van der Waals surface area contributed by atoms with Gasteiger partial charge in [0.2, 0.25) is 0 Å². The minimum absolute atomic E-state index is 0.356. The number of carbonyl (C=O) groups is 8. The summed E-state index contributed by atoms with van der Waals surface area (Å²) in [5, 5.41) is 53.2. The second-order valence-electron chi connectivity index (χ2n) is 4.55. The third-order valence-corrected chi connectivity index (χ3v) is 1.51. The number of hydrogen-bond acceptors (Lipinski definition) is 9. The number of aliphatic carboxylic acids is 7. The molecule has 0 aromatic rings. The Hall–Kier alpha value is -6.26. The van der Waals surface area contributed by atoms with Crippen molar-refractivity contribution in [3.63, 3.8) is 0 Å². The van der Waals surface area contributed by atoms with E-state index in [2.05, 4.69) is 56.5 Å². The van der Waals surface area contributed by atoms with E-state index in [0.717, 1.165) is 42.5 Å². The largest absolute Gasteiger partial charge is 0.478 e. The first-order chi connectivity index (χ1) is 18.7. The van der Waals surface area contributed by atoms with Gasteiger partial charge in [-0.05, 0) is 6.92 Å². The maximum Gasteiger partial charge on any atom is 0.404 e. The van der Waals surface area contributed by atoms with Gasteiger partial charge in [-0.1, -0.05) is 46.1 Å². The van der Waals surface area contributed by atoms with Crippen LogP contribution in [0.2, 0.25) is 0 Å². The summed E-state index contributed by atoms with van der Waals surface area (Å²) in [6.45, 7) is 22.8. The Morgan fingerprint density at radius 2 is 0.561 bits per heavy atom. The van der Waals surface area contributed by atoms with Gasteiger partial charge in [-0.15, -0.1) is 0 Å². The molecule has 0 aliphatic heterocycles. The Balaban J connectivity index is -0.0000000506. The molecule has 0 rings (SSSR count). The zero-order chi connectivity index (χ0) is 35.0. The highest BCUT2D eigenvalue weighted by molar-refractivity contribution is 5.80. The molecule has 41 heavy (non-hydrogen) atoms. The first-order valence-corrected chi connectivity index (χ1v) is 9.57. The topological polar surface area (TPSA) is 313 Å². The summed E-state index contributed by atoms with van der Waals surface area (Å²) in [7, 11) is 0. The molecule has 0 aliphatic carbocycles. The maximum absolute atomic E-state index is 9.60. The fourth-order valence-electron chi connectivity index (χ4n) is 0.142. The molecule has 0 bridgehead atoms. The summed E-state index contributed by atoms with van der Waals surface area (Å²) in [5.74, 6) is -6.87. The van der Waals surface area contributed by atoms with Crippen molar-refractivity contribution in [1.29, 1.82) is 0 Å². The highest BCUT2D eigenvalue weighted by Crippen LogP contribution is 1.66. The van der Waals surface area contributed by atoms with Crippen LogP contribution in [-0.2, 0) is 38.3 Å². The second kappa shape index (κ2) is 50.6. The summed E-state index contributed by atoms with van der Waals surface area (Å²) in [5.41, 5.74) is 4.54. The van der Waals surface area contributed by atoms with Crippen molar-refractivity contribution in [2.75, 3.05) is 6.61 Å². The van der Waals surface area contributed by atoms with E-state index in [1.165, 1.54) is 0 Å². The molecule has 17 nitrogen and oxygen atoms in total. The van der Waals surface area contributed by atoms with Crippen molar-refractivity contribution >= 4 is 47.9 Å². The average molecular weight is 594 g/mol. The Morgan fingerprint density at radius 1 is 0.463 bits per heavy atom. The fourth-order valence-corrected chi connectivity index (χ4v) is 0.142. The lowest BCUT2D eigenvalue weighted by Crippen LogP contribution is -2.11. The smallest absolute Gasteiger partial charge is 0.404 e. The first kappa shape index (κ1) is 55.3. The molecule has 0 unspecified atom stereocenters. The van der Waals surface area contributed by atoms with Crippen LogP contribution in [0, 0.1) is 0 Å². The average Bonchev–Trinajstić information content (AvgIpc) is 2.90. The molecular formula is C24H35NO16. The molecule has 0 heterocycles. The molecule has 1 amide bonds. The lowest BCUT2D eigenvalue weighted by atomic mass is 10.7. The third-order valence-electron chi connectivity index (χ3n) is 1.51. The molecule has 232 valence electrons. The predicted octanol–water partition coefficient (Wildman–Crippen LogP) is 1.90. The summed E-state index contributed by atoms with van der Waals surface area (Å²) >= 11 is 0. The van der Waals surface area contributed by atoms with Gasteiger partial charge in [-0.3, -0.25) is 0 Å². The van der Waals surface area contributed by atoms with Crippen LogP contribution in [0.3, 0.4) is 0 Å². The normalized spacial score (nSPS) is 6.56. The number of ether oxygens (including phenoxy) is 1. The van der Waals surface area contributed by atoms with Gasteiger partial charge in [0.25, 0.3) is 0 Å². The van der Waals surface area contributed by atoms with Crippen LogP contribution in [-0.4, -0.2) is 90.2 Å². The van der Waals surface area contributed by atoms with Crippen LogP contribution in [0.5, 0.6) is 0 Å². The minimum atomic E-state index is -0.981. The monoisotopic (exact) mass is 593 g/mol. The number of carboxylic acid groups (broad SMARTS) is 7. The molecule has 17 heteroatoms. The maximum atomic E-state index is 9.60. The van der Waals surface area contributed by atoms with Gasteiger partial charge in [0.05, 0.1) is 6.61 Å². The molecule has 0 aromatic heterocycles. The molecule has 0 saturated carbocycles. The lowest BCUT2D eigenvalue weighted by Gasteiger charge is -1.89. The summed E-state index contributed by atoms with van der Waals surface area (Å²) in [4.78, 5) is 74.3. The van der Waals surface area contributed by atoms with Crippen LogP contribution in [0.1, 0.15) is 6.92 Å². The molecule has 0 aliphatic rings. The highest BCUT2D eigenvalue weighted by atomic mass is 16.5. The molecule has 0 aromatic carbocycles. The molecular weight excluding hydrogens is 558 g/mol. The number of carboxylic acids is 7. The van der Waals surface area contributed by atoms with Crippen LogP contribution in [0.15, 0.2) is 88.6 Å². The van der Waals surface area contributed by atoms with Crippen LogP contribution in [0.25, 0.3) is 0 Å². The molecule has 0 atom stereocenters. The number of hydrogen-bond donors (Lipinski definition) is 8. The third kappa shape index (κ3) is 295. The number of carbonyl (C=O) groups excluding carboxylic acids is 1. The van der Waals surface area contributed by atoms with E-state index in [9.17, 15) is 38.4 Å². The van der Waals surface area contributed by atoms with Gasteiger partial charge >= 0.3 is 47.9 Å². The SMILES string of the molecule is C=CC(=O)O.C=CC(=O)O.C=CC(=O)O.C=CC(=O)O.C=CC(=O)O.C=CC(=O)O.C=CC(=O)O.CCOC(N)=O. The predicted molar refractivity (Wildman–Crippen MR) is 146 cm³/mol. The summed E-state index contributed by atoms with van der Waals surface area (Å²) in [6.07, 6.45) is 5.12. The van der Waals surface area contributed by atoms with Crippen LogP contribution in [0.4, 0.5) is 4.79 Å². The van der Waals surface area contributed by atoms with E-state index in [0.29, 0.717) is 6.61 Å². The Morgan fingerprint density at radius 3 is 0.561 bits per heavy atom. The number of nitrogens with two attached hydrogens (primary N) is 1. The number of rotatable bonds is 8. The van der Waals surface area contributed by atoms with Gasteiger partial charge in [0, 0.05) is 42.5 Å². The van der Waals surface area contributed by atoms with E-state index in [4.69, 9.17) is 35.7 Å². The lowest BCUT2D eigenvalue weighted by molar-refractivity contribution is -0.132. The minimum Gasteiger partial charge on any atom is -0.478 e. The molecule has 0 spiro atoms. The Labute approximate surface area is 235 Å². The second-order valence-corrected chi connectivity index (χ2v) is 4.55. The van der Waals surface area contributed by atoms with E-state index in [-0.39, 0.29) is 0 Å². The summed E-state index contributed by atoms with van der Waals surface area (Å²) in [6, 6.07) is 0. The van der Waals surface area contributed by atoms with Crippen molar-refractivity contribution in [1.82, 2.24) is 0 Å². The van der Waals surface area contributed by atoms with E-state index >= 15 is 0 Å². The quantitative estimate of drug-likeness (QED) is 0.186. The molecule has 0 fully saturated rings. The van der Waals surface area contributed by atoms with Crippen molar-refractivity contribution in [2.24, 2.45) is 5.73 Å². The zero-order valence-corrected chi connectivity index (χ0v) is 22.1. The van der Waals surface area contributed by atoms with Crippen molar-refractivity contribution in [3.05, 3.63) is 88.6 Å². The first-order valence-electron chi connectivity index (χ1n) is 9.57. The van der Waals surface area contributed by atoms with Crippen molar-refractivity contribution in [2.45, 2.75) is 6.92 Å². The fraction of sp³-hybridized carbons (Fsp3) is 0.0833. The number of amides is 1. The van der Waals surface area contributed by atoms with Gasteiger partial charge in [0.1, 0.15) is 0 Å². The van der Waals surface area contributed by atoms with Gasteiger partial charge < -0.3 is 46.2 Å². The number of primary amides is 1. The van der Waals surface area contributed by atoms with Crippen LogP contribution >= 0.6 is 0 Å². The van der Waals surface area contributed by atoms with E-state index < -0.39 is 47.9 Å². The van der Waals surface area contributed by atoms with Crippen molar-refractivity contribution < 1.29 is 78.8 Å². The van der Waals surface area contributed by atoms with Gasteiger partial charge in [0.15, 0.2) is 0 Å². The zero-order valence-electron chi connectivity index (χ0n) is 22.1. The van der Waals surface area contributed by atoms with Crippen molar-refractivity contribution in [3.8, 4) is 0 Å². The molecule has 0 radical (unpaired) electrons. The molecule has 9 N–H and O–H groups in total. The van der Waals surface area contributed by atoms with Gasteiger partial charge in [-0.2, -0.15) is 0 Å². The van der Waals surface area contributed by atoms with Gasteiger partial charge in [-0.25, -0.2) is 38.4 Å². The summed E-state index contributed by atoms with van der Waals surface area (Å²) < 4.78 is 4.18.